The fourth-order valence-corrected chi connectivity index (χ4v) is 2.46. The zero-order valence-corrected chi connectivity index (χ0v) is 12.6. The van der Waals surface area contributed by atoms with Gasteiger partial charge in [0, 0.05) is 31.2 Å². The van der Waals surface area contributed by atoms with Gasteiger partial charge in [-0.1, -0.05) is 26.0 Å². The van der Waals surface area contributed by atoms with Crippen molar-refractivity contribution in [3.63, 3.8) is 0 Å². The van der Waals surface area contributed by atoms with Crippen LogP contribution in [0.2, 0.25) is 0 Å². The Balaban J connectivity index is 2.40. The molecule has 0 bridgehead atoms. The summed E-state index contributed by atoms with van der Waals surface area (Å²) in [4.78, 5) is 2.58. The van der Waals surface area contributed by atoms with Gasteiger partial charge < -0.3 is 10.1 Å². The lowest BCUT2D eigenvalue weighted by atomic mass is 9.93. The predicted molar refractivity (Wildman–Crippen MR) is 78.0 cm³/mol. The summed E-state index contributed by atoms with van der Waals surface area (Å²) in [6, 6.07) is 0.651. The van der Waals surface area contributed by atoms with E-state index >= 15 is 0 Å². The Morgan fingerprint density at radius 1 is 1.50 bits per heavy atom. The van der Waals surface area contributed by atoms with Crippen molar-refractivity contribution in [2.24, 2.45) is 0 Å². The lowest BCUT2D eigenvalue weighted by molar-refractivity contribution is 0.0477. The van der Waals surface area contributed by atoms with Gasteiger partial charge in [0.15, 0.2) is 0 Å². The molecule has 0 aliphatic carbocycles. The Morgan fingerprint density at radius 2 is 2.22 bits per heavy atom. The first-order valence-corrected chi connectivity index (χ1v) is 7.22. The number of rotatable bonds is 7. The smallest absolute Gasteiger partial charge is 0.0672 e. The zero-order valence-electron chi connectivity index (χ0n) is 12.6. The van der Waals surface area contributed by atoms with E-state index in [2.05, 4.69) is 37.6 Å². The van der Waals surface area contributed by atoms with Gasteiger partial charge in [0.05, 0.1) is 13.2 Å². The maximum absolute atomic E-state index is 5.63. The van der Waals surface area contributed by atoms with Crippen LogP contribution in [0.5, 0.6) is 0 Å². The van der Waals surface area contributed by atoms with Gasteiger partial charge in [0.25, 0.3) is 0 Å². The van der Waals surface area contributed by atoms with Gasteiger partial charge in [-0.05, 0) is 26.7 Å². The van der Waals surface area contributed by atoms with Gasteiger partial charge in [-0.2, -0.15) is 0 Å². The van der Waals surface area contributed by atoms with E-state index in [1.165, 1.54) is 12.8 Å². The molecule has 0 aromatic rings. The molecule has 1 fully saturated rings. The average Bonchev–Trinajstić information content (AvgIpc) is 2.35. The largest absolute Gasteiger partial charge is 0.376 e. The van der Waals surface area contributed by atoms with Gasteiger partial charge in [-0.25, -0.2) is 0 Å². The van der Waals surface area contributed by atoms with Gasteiger partial charge in [0.2, 0.25) is 0 Å². The lowest BCUT2D eigenvalue weighted by Crippen LogP contribution is -2.62. The van der Waals surface area contributed by atoms with E-state index in [-0.39, 0.29) is 5.54 Å². The van der Waals surface area contributed by atoms with Crippen molar-refractivity contribution < 1.29 is 4.74 Å². The quantitative estimate of drug-likeness (QED) is 0.558. The number of ether oxygens (including phenoxy) is 1. The van der Waals surface area contributed by atoms with Crippen LogP contribution < -0.4 is 5.32 Å². The van der Waals surface area contributed by atoms with Crippen molar-refractivity contribution in [2.75, 3.05) is 32.8 Å². The van der Waals surface area contributed by atoms with Gasteiger partial charge in [0.1, 0.15) is 0 Å². The first-order chi connectivity index (χ1) is 8.50. The topological polar surface area (TPSA) is 24.5 Å². The summed E-state index contributed by atoms with van der Waals surface area (Å²) in [5.41, 5.74) is 1.36. The van der Waals surface area contributed by atoms with E-state index in [0.717, 1.165) is 31.8 Å². The number of hydrogen-bond donors (Lipinski definition) is 1. The third-order valence-electron chi connectivity index (χ3n) is 3.96. The van der Waals surface area contributed by atoms with E-state index in [1.807, 2.05) is 6.92 Å². The zero-order chi connectivity index (χ0) is 13.6. The molecule has 18 heavy (non-hydrogen) atoms. The summed E-state index contributed by atoms with van der Waals surface area (Å²) in [7, 11) is 0. The minimum absolute atomic E-state index is 0.264. The second-order valence-electron chi connectivity index (χ2n) is 5.84. The number of nitrogens with zero attached hydrogens (tertiary/aromatic N) is 1. The number of nitrogens with one attached hydrogen (secondary N) is 1. The van der Waals surface area contributed by atoms with Crippen molar-refractivity contribution in [1.82, 2.24) is 10.2 Å². The molecule has 1 N–H and O–H groups in total. The summed E-state index contributed by atoms with van der Waals surface area (Å²) in [5, 5.41) is 3.69. The minimum Gasteiger partial charge on any atom is -0.376 e. The van der Waals surface area contributed by atoms with Crippen molar-refractivity contribution >= 4 is 0 Å². The number of hydrogen-bond acceptors (Lipinski definition) is 3. The van der Waals surface area contributed by atoms with Crippen molar-refractivity contribution in [1.29, 1.82) is 0 Å². The van der Waals surface area contributed by atoms with Crippen LogP contribution >= 0.6 is 0 Å². The molecular weight excluding hydrogens is 224 g/mol. The van der Waals surface area contributed by atoms with E-state index in [4.69, 9.17) is 4.74 Å². The van der Waals surface area contributed by atoms with Crippen LogP contribution in [0.25, 0.3) is 0 Å². The van der Waals surface area contributed by atoms with Gasteiger partial charge >= 0.3 is 0 Å². The van der Waals surface area contributed by atoms with Crippen molar-refractivity contribution in [3.05, 3.63) is 12.2 Å². The Kier molecular flexibility index (Phi) is 6.33. The summed E-state index contributed by atoms with van der Waals surface area (Å²) >= 11 is 0. The lowest BCUT2D eigenvalue weighted by Gasteiger charge is -2.46. The van der Waals surface area contributed by atoms with Crippen LogP contribution in [0.1, 0.15) is 40.5 Å². The predicted octanol–water partition coefficient (Wildman–Crippen LogP) is 2.43. The molecule has 1 aliphatic rings. The van der Waals surface area contributed by atoms with E-state index in [1.54, 1.807) is 0 Å². The molecule has 1 aliphatic heterocycles. The molecule has 1 saturated heterocycles. The highest BCUT2D eigenvalue weighted by molar-refractivity contribution is 4.94. The molecule has 0 amide bonds. The van der Waals surface area contributed by atoms with Crippen LogP contribution in [-0.4, -0.2) is 49.3 Å². The Hall–Kier alpha value is -0.380. The Bertz CT molecular complexity index is 267. The molecule has 0 aromatic carbocycles. The molecule has 0 spiro atoms. The second kappa shape index (κ2) is 7.27. The molecule has 1 rings (SSSR count). The molecule has 0 saturated carbocycles. The van der Waals surface area contributed by atoms with Crippen molar-refractivity contribution in [3.8, 4) is 0 Å². The van der Waals surface area contributed by atoms with E-state index in [0.29, 0.717) is 12.6 Å². The molecule has 106 valence electrons. The fraction of sp³-hybridized carbons (Fsp3) is 0.867. The highest BCUT2D eigenvalue weighted by atomic mass is 16.5. The molecule has 2 atom stereocenters. The third kappa shape index (κ3) is 4.71. The summed E-state index contributed by atoms with van der Waals surface area (Å²) in [6.07, 6.45) is 2.37. The first kappa shape index (κ1) is 15.7. The van der Waals surface area contributed by atoms with E-state index in [9.17, 15) is 0 Å². The molecule has 0 aromatic heterocycles. The minimum atomic E-state index is 0.264. The third-order valence-corrected chi connectivity index (χ3v) is 3.96. The Morgan fingerprint density at radius 3 is 2.78 bits per heavy atom. The molecule has 0 radical (unpaired) electrons. The van der Waals surface area contributed by atoms with Crippen LogP contribution in [0, 0.1) is 0 Å². The maximum atomic E-state index is 5.63. The average molecular weight is 254 g/mol. The SMILES string of the molecule is C=C(C)COCCN1CC(C)(CC)NCC1CC. The summed E-state index contributed by atoms with van der Waals surface area (Å²) in [5.74, 6) is 0. The maximum Gasteiger partial charge on any atom is 0.0672 e. The molecule has 2 unspecified atom stereocenters. The summed E-state index contributed by atoms with van der Waals surface area (Å²) < 4.78 is 5.63. The Labute approximate surface area is 113 Å². The normalized spacial score (nSPS) is 29.4. The second-order valence-corrected chi connectivity index (χ2v) is 5.84. The summed E-state index contributed by atoms with van der Waals surface area (Å²) in [6.45, 7) is 17.5. The van der Waals surface area contributed by atoms with Crippen LogP contribution in [0.4, 0.5) is 0 Å². The molecule has 3 nitrogen and oxygen atoms in total. The van der Waals surface area contributed by atoms with Gasteiger partial charge in [-0.15, -0.1) is 0 Å². The van der Waals surface area contributed by atoms with Crippen molar-refractivity contribution in [2.45, 2.75) is 52.1 Å². The highest BCUT2D eigenvalue weighted by Crippen LogP contribution is 2.19. The molecule has 3 heteroatoms. The van der Waals surface area contributed by atoms with Crippen LogP contribution in [-0.2, 0) is 4.74 Å². The number of piperazine rings is 1. The van der Waals surface area contributed by atoms with Gasteiger partial charge in [-0.3, -0.25) is 4.90 Å². The first-order valence-electron chi connectivity index (χ1n) is 7.22. The highest BCUT2D eigenvalue weighted by Gasteiger charge is 2.33. The molecule has 1 heterocycles. The van der Waals surface area contributed by atoms with Crippen LogP contribution in [0.3, 0.4) is 0 Å². The molecular formula is C15H30N2O. The van der Waals surface area contributed by atoms with E-state index < -0.39 is 0 Å². The monoisotopic (exact) mass is 254 g/mol. The van der Waals surface area contributed by atoms with Crippen LogP contribution in [0.15, 0.2) is 12.2 Å². The standard InChI is InChI=1S/C15H30N2O/c1-6-14-10-16-15(5,7-2)12-17(14)8-9-18-11-13(3)4/h14,16H,3,6-12H2,1-2,4-5H3. The fourth-order valence-electron chi connectivity index (χ4n) is 2.46.